The van der Waals surface area contributed by atoms with Gasteiger partial charge in [-0.05, 0) is 33.1 Å². The van der Waals surface area contributed by atoms with E-state index in [2.05, 4.69) is 0 Å². The molecule has 0 aromatic heterocycles. The largest absolute Gasteiger partial charge is 0.500 e. The topological polar surface area (TPSA) is 27.7 Å². The lowest BCUT2D eigenvalue weighted by Gasteiger charge is -2.27. The van der Waals surface area contributed by atoms with Gasteiger partial charge >= 0.3 is 8.80 Å². The molecule has 7 heteroatoms. The Morgan fingerprint density at radius 1 is 0.913 bits per heavy atom. The van der Waals surface area contributed by atoms with E-state index >= 15 is 0 Å². The standard InChI is InChI=1S/C16H25F3O3Si/c1-4-21-23(20-3,22-5-2)10-8-6-7-9-14-15(18)11-13(17)12-16(14)19/h11-12H,4-10H2,1-3H3. The van der Waals surface area contributed by atoms with Gasteiger partial charge in [0.25, 0.3) is 0 Å². The van der Waals surface area contributed by atoms with Gasteiger partial charge in [-0.25, -0.2) is 13.2 Å². The van der Waals surface area contributed by atoms with E-state index < -0.39 is 26.3 Å². The van der Waals surface area contributed by atoms with E-state index in [9.17, 15) is 13.2 Å². The van der Waals surface area contributed by atoms with Crippen LogP contribution < -0.4 is 0 Å². The summed E-state index contributed by atoms with van der Waals surface area (Å²) in [5.74, 6) is -2.55. The van der Waals surface area contributed by atoms with Gasteiger partial charge in [-0.15, -0.1) is 0 Å². The molecule has 0 amide bonds. The minimum atomic E-state index is -2.63. The predicted molar refractivity (Wildman–Crippen MR) is 84.7 cm³/mol. The van der Waals surface area contributed by atoms with E-state index in [4.69, 9.17) is 13.3 Å². The molecule has 0 unspecified atom stereocenters. The van der Waals surface area contributed by atoms with Crippen LogP contribution in [0.15, 0.2) is 12.1 Å². The normalized spacial score (nSPS) is 11.9. The monoisotopic (exact) mass is 350 g/mol. The Bertz CT molecular complexity index is 457. The lowest BCUT2D eigenvalue weighted by atomic mass is 10.1. The van der Waals surface area contributed by atoms with Crippen LogP contribution in [0.2, 0.25) is 6.04 Å². The molecular weight excluding hydrogens is 325 g/mol. The van der Waals surface area contributed by atoms with E-state index in [1.54, 1.807) is 7.11 Å². The average Bonchev–Trinajstić information content (AvgIpc) is 2.49. The van der Waals surface area contributed by atoms with Crippen molar-refractivity contribution < 1.29 is 26.4 Å². The molecule has 1 rings (SSSR count). The molecule has 0 bridgehead atoms. The second-order valence-corrected chi connectivity index (χ2v) is 8.01. The molecule has 0 aliphatic carbocycles. The molecule has 1 aromatic rings. The van der Waals surface area contributed by atoms with E-state index in [1.807, 2.05) is 13.8 Å². The van der Waals surface area contributed by atoms with Crippen molar-refractivity contribution in [2.45, 2.75) is 45.6 Å². The van der Waals surface area contributed by atoms with Crippen molar-refractivity contribution in [2.75, 3.05) is 20.3 Å². The quantitative estimate of drug-likeness (QED) is 0.435. The molecule has 0 spiro atoms. The fourth-order valence-corrected chi connectivity index (χ4v) is 4.85. The number of halogens is 3. The van der Waals surface area contributed by atoms with Crippen LogP contribution >= 0.6 is 0 Å². The molecular formula is C16H25F3O3Si. The van der Waals surface area contributed by atoms with E-state index in [0.717, 1.165) is 12.8 Å². The van der Waals surface area contributed by atoms with Crippen LogP contribution in [0.5, 0.6) is 0 Å². The Kier molecular flexibility index (Phi) is 8.83. The van der Waals surface area contributed by atoms with Crippen LogP contribution in [-0.2, 0) is 19.7 Å². The van der Waals surface area contributed by atoms with E-state index in [-0.39, 0.29) is 12.0 Å². The number of unbranched alkanes of at least 4 members (excludes halogenated alkanes) is 2. The van der Waals surface area contributed by atoms with Gasteiger partial charge in [-0.2, -0.15) is 0 Å². The average molecular weight is 350 g/mol. The summed E-state index contributed by atoms with van der Waals surface area (Å²) in [6.07, 6.45) is 2.38. The van der Waals surface area contributed by atoms with Gasteiger partial charge in [-0.3, -0.25) is 0 Å². The van der Waals surface area contributed by atoms with Gasteiger partial charge in [0.05, 0.1) is 0 Å². The summed E-state index contributed by atoms with van der Waals surface area (Å²) in [5, 5.41) is 0. The van der Waals surface area contributed by atoms with Crippen LogP contribution in [0, 0.1) is 17.5 Å². The summed E-state index contributed by atoms with van der Waals surface area (Å²) in [4.78, 5) is 0. The van der Waals surface area contributed by atoms with Crippen LogP contribution in [0.4, 0.5) is 13.2 Å². The van der Waals surface area contributed by atoms with Gasteiger partial charge in [0.1, 0.15) is 17.5 Å². The van der Waals surface area contributed by atoms with Crippen molar-refractivity contribution in [3.05, 3.63) is 35.1 Å². The van der Waals surface area contributed by atoms with Crippen LogP contribution in [-0.4, -0.2) is 29.1 Å². The first-order valence-electron chi connectivity index (χ1n) is 7.94. The Hall–Kier alpha value is -0.893. The second-order valence-electron chi connectivity index (χ2n) is 5.16. The zero-order valence-corrected chi connectivity index (χ0v) is 15.0. The van der Waals surface area contributed by atoms with Crippen LogP contribution in [0.1, 0.15) is 38.7 Å². The maximum Gasteiger partial charge on any atom is 0.500 e. The van der Waals surface area contributed by atoms with Gasteiger partial charge in [0, 0.05) is 44.1 Å². The highest BCUT2D eigenvalue weighted by molar-refractivity contribution is 6.60. The molecule has 132 valence electrons. The van der Waals surface area contributed by atoms with E-state index in [0.29, 0.717) is 37.8 Å². The Labute approximate surface area is 137 Å². The summed E-state index contributed by atoms with van der Waals surface area (Å²) >= 11 is 0. The maximum atomic E-state index is 13.5. The summed E-state index contributed by atoms with van der Waals surface area (Å²) < 4.78 is 56.7. The van der Waals surface area contributed by atoms with Gasteiger partial charge in [0.2, 0.25) is 0 Å². The minimum Gasteiger partial charge on any atom is -0.377 e. The number of rotatable bonds is 11. The predicted octanol–water partition coefficient (Wildman–Crippen LogP) is 4.48. The molecule has 0 heterocycles. The molecule has 1 aromatic carbocycles. The van der Waals surface area contributed by atoms with Gasteiger partial charge < -0.3 is 13.3 Å². The zero-order valence-electron chi connectivity index (χ0n) is 14.0. The molecule has 0 fully saturated rings. The lowest BCUT2D eigenvalue weighted by molar-refractivity contribution is 0.0859. The smallest absolute Gasteiger partial charge is 0.377 e. The first kappa shape index (κ1) is 20.2. The molecule has 0 saturated heterocycles. The third-order valence-electron chi connectivity index (χ3n) is 3.56. The third-order valence-corrected chi connectivity index (χ3v) is 6.60. The fraction of sp³-hybridized carbons (Fsp3) is 0.625. The zero-order chi connectivity index (χ0) is 17.3. The SMILES string of the molecule is CCO[Si](CCCCCc1c(F)cc(F)cc1F)(OC)OCC. The molecule has 23 heavy (non-hydrogen) atoms. The first-order valence-corrected chi connectivity index (χ1v) is 9.87. The first-order chi connectivity index (χ1) is 11.0. The maximum absolute atomic E-state index is 13.5. The highest BCUT2D eigenvalue weighted by Gasteiger charge is 2.38. The number of benzene rings is 1. The highest BCUT2D eigenvalue weighted by Crippen LogP contribution is 2.21. The highest BCUT2D eigenvalue weighted by atomic mass is 28.4. The third kappa shape index (κ3) is 6.25. The van der Waals surface area contributed by atoms with Crippen LogP contribution in [0.3, 0.4) is 0 Å². The number of hydrogen-bond acceptors (Lipinski definition) is 3. The summed E-state index contributed by atoms with van der Waals surface area (Å²) in [7, 11) is -1.04. The Morgan fingerprint density at radius 3 is 1.96 bits per heavy atom. The molecule has 3 nitrogen and oxygen atoms in total. The van der Waals surface area contributed by atoms with Crippen molar-refractivity contribution in [1.82, 2.24) is 0 Å². The van der Waals surface area contributed by atoms with Crippen LogP contribution in [0.25, 0.3) is 0 Å². The Balaban J connectivity index is 2.45. The van der Waals surface area contributed by atoms with Crippen molar-refractivity contribution in [3.8, 4) is 0 Å². The Morgan fingerprint density at radius 2 is 1.48 bits per heavy atom. The van der Waals surface area contributed by atoms with Crippen molar-refractivity contribution in [2.24, 2.45) is 0 Å². The molecule has 0 saturated carbocycles. The number of hydrogen-bond donors (Lipinski definition) is 0. The summed E-state index contributed by atoms with van der Waals surface area (Å²) in [6, 6.07) is 2.09. The summed E-state index contributed by atoms with van der Waals surface area (Å²) in [6.45, 7) is 4.82. The molecule has 0 atom stereocenters. The van der Waals surface area contributed by atoms with Gasteiger partial charge in [0.15, 0.2) is 0 Å². The minimum absolute atomic E-state index is 0.0590. The second kappa shape index (κ2) is 10.1. The lowest BCUT2D eigenvalue weighted by Crippen LogP contribution is -2.44. The molecule has 0 aliphatic heterocycles. The summed E-state index contributed by atoms with van der Waals surface area (Å²) in [5.41, 5.74) is -0.0590. The van der Waals surface area contributed by atoms with Crippen molar-refractivity contribution in [1.29, 1.82) is 0 Å². The van der Waals surface area contributed by atoms with Crippen molar-refractivity contribution >= 4 is 8.80 Å². The van der Waals surface area contributed by atoms with Crippen molar-refractivity contribution in [3.63, 3.8) is 0 Å². The molecule has 0 N–H and O–H groups in total. The van der Waals surface area contributed by atoms with E-state index in [1.165, 1.54) is 0 Å². The van der Waals surface area contributed by atoms with Gasteiger partial charge in [-0.1, -0.05) is 6.42 Å². The molecule has 0 aliphatic rings. The fourth-order valence-electron chi connectivity index (χ4n) is 2.48. The molecule has 0 radical (unpaired) electrons.